The number of hydrogen-bond donors (Lipinski definition) is 2. The molecule has 0 spiro atoms. The van der Waals surface area contributed by atoms with Crippen molar-refractivity contribution in [1.29, 1.82) is 0 Å². The molecule has 1 fully saturated rings. The van der Waals surface area contributed by atoms with E-state index in [0.29, 0.717) is 5.92 Å². The van der Waals surface area contributed by atoms with E-state index in [1.54, 1.807) is 0 Å². The summed E-state index contributed by atoms with van der Waals surface area (Å²) < 4.78 is 0. The fraction of sp³-hybridized carbons (Fsp3) is 0.889. The van der Waals surface area contributed by atoms with Gasteiger partial charge >= 0.3 is 5.97 Å². The Balaban J connectivity index is 2.42. The lowest BCUT2D eigenvalue weighted by atomic mass is 9.88. The predicted octanol–water partition coefficient (Wildman–Crippen LogP) is 1.10. The Bertz CT molecular complexity index is 151. The van der Waals surface area contributed by atoms with Gasteiger partial charge in [-0.25, -0.2) is 0 Å². The van der Waals surface area contributed by atoms with Gasteiger partial charge in [0.05, 0.1) is 5.92 Å². The Labute approximate surface area is 73.2 Å². The maximum Gasteiger partial charge on any atom is 0.306 e. The second-order valence-corrected chi connectivity index (χ2v) is 3.57. The highest BCUT2D eigenvalue weighted by molar-refractivity contribution is 5.69. The van der Waals surface area contributed by atoms with E-state index >= 15 is 0 Å². The molecule has 0 amide bonds. The molecule has 0 bridgehead atoms. The largest absolute Gasteiger partial charge is 0.481 e. The number of rotatable bonds is 2. The second kappa shape index (κ2) is 4.45. The molecule has 2 unspecified atom stereocenters. The van der Waals surface area contributed by atoms with E-state index in [-0.39, 0.29) is 5.92 Å². The first-order chi connectivity index (χ1) is 5.72. The first-order valence-corrected chi connectivity index (χ1v) is 4.65. The first-order valence-electron chi connectivity index (χ1n) is 4.65. The minimum Gasteiger partial charge on any atom is -0.481 e. The van der Waals surface area contributed by atoms with Crippen molar-refractivity contribution in [1.82, 2.24) is 5.32 Å². The van der Waals surface area contributed by atoms with Gasteiger partial charge < -0.3 is 10.4 Å². The van der Waals surface area contributed by atoms with E-state index in [9.17, 15) is 4.79 Å². The zero-order valence-electron chi connectivity index (χ0n) is 7.55. The van der Waals surface area contributed by atoms with Crippen molar-refractivity contribution in [3.05, 3.63) is 0 Å². The van der Waals surface area contributed by atoms with Crippen molar-refractivity contribution in [3.63, 3.8) is 0 Å². The molecule has 1 saturated heterocycles. The van der Waals surface area contributed by atoms with E-state index < -0.39 is 5.97 Å². The lowest BCUT2D eigenvalue weighted by Gasteiger charge is -2.17. The number of hydrogen-bond acceptors (Lipinski definition) is 2. The predicted molar refractivity (Wildman–Crippen MR) is 47.0 cm³/mol. The summed E-state index contributed by atoms with van der Waals surface area (Å²) in [6, 6.07) is 0. The van der Waals surface area contributed by atoms with Gasteiger partial charge in [-0.3, -0.25) is 4.79 Å². The molecule has 0 saturated carbocycles. The fourth-order valence-corrected chi connectivity index (χ4v) is 1.75. The van der Waals surface area contributed by atoms with Crippen LogP contribution in [0.4, 0.5) is 0 Å². The molecule has 1 aliphatic rings. The molecule has 70 valence electrons. The van der Waals surface area contributed by atoms with E-state index in [1.807, 2.05) is 6.92 Å². The van der Waals surface area contributed by atoms with Gasteiger partial charge in [0.15, 0.2) is 0 Å². The number of carboxylic acid groups (broad SMARTS) is 1. The van der Waals surface area contributed by atoms with Crippen LogP contribution >= 0.6 is 0 Å². The number of carbonyl (C=O) groups is 1. The van der Waals surface area contributed by atoms with E-state index in [1.165, 1.54) is 0 Å². The molecule has 0 aromatic rings. The summed E-state index contributed by atoms with van der Waals surface area (Å²) in [5.41, 5.74) is 0. The van der Waals surface area contributed by atoms with E-state index in [4.69, 9.17) is 5.11 Å². The molecule has 0 aliphatic carbocycles. The van der Waals surface area contributed by atoms with Crippen molar-refractivity contribution in [2.45, 2.75) is 26.2 Å². The lowest BCUT2D eigenvalue weighted by molar-refractivity contribution is -0.143. The van der Waals surface area contributed by atoms with Crippen molar-refractivity contribution in [2.24, 2.45) is 11.8 Å². The Morgan fingerprint density at radius 1 is 1.50 bits per heavy atom. The smallest absolute Gasteiger partial charge is 0.306 e. The summed E-state index contributed by atoms with van der Waals surface area (Å²) in [5.74, 6) is -0.454. The highest BCUT2D eigenvalue weighted by Crippen LogP contribution is 2.22. The zero-order chi connectivity index (χ0) is 8.97. The van der Waals surface area contributed by atoms with Crippen LogP contribution in [-0.2, 0) is 4.79 Å². The monoisotopic (exact) mass is 171 g/mol. The molecular formula is C9H17NO2. The molecule has 3 nitrogen and oxygen atoms in total. The molecule has 1 rings (SSSR count). The van der Waals surface area contributed by atoms with Crippen LogP contribution in [0, 0.1) is 11.8 Å². The Morgan fingerprint density at radius 2 is 2.25 bits per heavy atom. The van der Waals surface area contributed by atoms with Gasteiger partial charge in [-0.05, 0) is 38.3 Å². The SMILES string of the molecule is CC(C(=O)O)C1CCCNCC1. The van der Waals surface area contributed by atoms with Crippen LogP contribution in [0.15, 0.2) is 0 Å². The fourth-order valence-electron chi connectivity index (χ4n) is 1.75. The highest BCUT2D eigenvalue weighted by atomic mass is 16.4. The van der Waals surface area contributed by atoms with Gasteiger partial charge in [0.2, 0.25) is 0 Å². The third-order valence-electron chi connectivity index (χ3n) is 2.72. The summed E-state index contributed by atoms with van der Waals surface area (Å²) in [5, 5.41) is 12.1. The van der Waals surface area contributed by atoms with E-state index in [2.05, 4.69) is 5.32 Å². The Morgan fingerprint density at radius 3 is 2.92 bits per heavy atom. The first kappa shape index (κ1) is 9.52. The average molecular weight is 171 g/mol. The second-order valence-electron chi connectivity index (χ2n) is 3.57. The molecular weight excluding hydrogens is 154 g/mol. The molecule has 2 atom stereocenters. The van der Waals surface area contributed by atoms with Gasteiger partial charge in [0, 0.05) is 0 Å². The van der Waals surface area contributed by atoms with Gasteiger partial charge in [0.25, 0.3) is 0 Å². The van der Waals surface area contributed by atoms with Crippen LogP contribution in [0.2, 0.25) is 0 Å². The van der Waals surface area contributed by atoms with Gasteiger partial charge in [-0.1, -0.05) is 6.92 Å². The van der Waals surface area contributed by atoms with Crippen molar-refractivity contribution < 1.29 is 9.90 Å². The van der Waals surface area contributed by atoms with Crippen LogP contribution in [0.1, 0.15) is 26.2 Å². The average Bonchev–Trinajstić information content (AvgIpc) is 2.30. The summed E-state index contributed by atoms with van der Waals surface area (Å²) in [6.07, 6.45) is 3.18. The van der Waals surface area contributed by atoms with Crippen LogP contribution < -0.4 is 5.32 Å². The normalized spacial score (nSPS) is 27.6. The summed E-state index contributed by atoms with van der Waals surface area (Å²) in [6.45, 7) is 3.84. The highest BCUT2D eigenvalue weighted by Gasteiger charge is 2.23. The number of nitrogens with one attached hydrogen (secondary N) is 1. The van der Waals surface area contributed by atoms with Gasteiger partial charge in [-0.2, -0.15) is 0 Å². The third-order valence-corrected chi connectivity index (χ3v) is 2.72. The molecule has 0 aromatic carbocycles. The van der Waals surface area contributed by atoms with Crippen LogP contribution in [-0.4, -0.2) is 24.2 Å². The number of carboxylic acids is 1. The van der Waals surface area contributed by atoms with Crippen LogP contribution in [0.5, 0.6) is 0 Å². The minimum atomic E-state index is -0.651. The maximum atomic E-state index is 10.7. The quantitative estimate of drug-likeness (QED) is 0.654. The summed E-state index contributed by atoms with van der Waals surface area (Å²) in [4.78, 5) is 10.7. The maximum absolute atomic E-state index is 10.7. The van der Waals surface area contributed by atoms with Crippen molar-refractivity contribution in [3.8, 4) is 0 Å². The van der Waals surface area contributed by atoms with Crippen molar-refractivity contribution >= 4 is 5.97 Å². The molecule has 1 aliphatic heterocycles. The van der Waals surface area contributed by atoms with Crippen LogP contribution in [0.3, 0.4) is 0 Å². The van der Waals surface area contributed by atoms with E-state index in [0.717, 1.165) is 32.4 Å². The minimum absolute atomic E-state index is 0.176. The van der Waals surface area contributed by atoms with Gasteiger partial charge in [-0.15, -0.1) is 0 Å². The molecule has 0 aromatic heterocycles. The zero-order valence-corrected chi connectivity index (χ0v) is 7.55. The molecule has 12 heavy (non-hydrogen) atoms. The number of aliphatic carboxylic acids is 1. The standard InChI is InChI=1S/C9H17NO2/c1-7(9(11)12)8-3-2-5-10-6-4-8/h7-8,10H,2-6H2,1H3,(H,11,12). The molecule has 3 heteroatoms. The topological polar surface area (TPSA) is 49.3 Å². The Hall–Kier alpha value is -0.570. The van der Waals surface area contributed by atoms with Gasteiger partial charge in [0.1, 0.15) is 0 Å². The van der Waals surface area contributed by atoms with Crippen LogP contribution in [0.25, 0.3) is 0 Å². The Kier molecular flexibility index (Phi) is 3.53. The summed E-state index contributed by atoms with van der Waals surface area (Å²) in [7, 11) is 0. The molecule has 2 N–H and O–H groups in total. The summed E-state index contributed by atoms with van der Waals surface area (Å²) >= 11 is 0. The third kappa shape index (κ3) is 2.48. The molecule has 0 radical (unpaired) electrons. The molecule has 1 heterocycles. The lowest BCUT2D eigenvalue weighted by Crippen LogP contribution is -2.21. The van der Waals surface area contributed by atoms with Crippen molar-refractivity contribution in [2.75, 3.05) is 13.1 Å².